The number of Topliss-reactive ketones (excluding diaryl/α,β-unsaturated/α-hetero) is 1. The van der Waals surface area contributed by atoms with Gasteiger partial charge in [-0.15, -0.1) is 0 Å². The Hall–Kier alpha value is -2.59. The van der Waals surface area contributed by atoms with Crippen molar-refractivity contribution < 1.29 is 14.7 Å². The number of carbonyl (C=O) groups is 2. The molecule has 4 heteroatoms. The zero-order valence-electron chi connectivity index (χ0n) is 8.93. The quantitative estimate of drug-likeness (QED) is 0.628. The number of hydrogen-bond donors (Lipinski definition) is 1. The molecular weight excluding hydrogens is 218 g/mol. The fourth-order valence-electron chi connectivity index (χ4n) is 1.17. The number of carboxylic acid groups (broad SMARTS) is 1. The summed E-state index contributed by atoms with van der Waals surface area (Å²) in [6, 6.07) is 8.26. The zero-order valence-corrected chi connectivity index (χ0v) is 8.93. The van der Waals surface area contributed by atoms with Crippen LogP contribution in [-0.4, -0.2) is 16.9 Å². The average molecular weight is 227 g/mol. The Morgan fingerprint density at radius 1 is 1.29 bits per heavy atom. The molecule has 0 bridgehead atoms. The fourth-order valence-corrected chi connectivity index (χ4v) is 1.17. The normalized spacial score (nSPS) is 8.65. The Balaban J connectivity index is 2.85. The van der Waals surface area contributed by atoms with E-state index in [1.807, 2.05) is 0 Å². The van der Waals surface area contributed by atoms with Gasteiger partial charge >= 0.3 is 5.97 Å². The maximum atomic E-state index is 11.4. The third-order valence-corrected chi connectivity index (χ3v) is 1.90. The van der Waals surface area contributed by atoms with Crippen LogP contribution in [0.1, 0.15) is 28.8 Å². The highest BCUT2D eigenvalue weighted by molar-refractivity contribution is 5.97. The molecule has 0 atom stereocenters. The first-order chi connectivity index (χ1) is 8.13. The van der Waals surface area contributed by atoms with E-state index in [2.05, 4.69) is 11.8 Å². The summed E-state index contributed by atoms with van der Waals surface area (Å²) in [5.41, 5.74) is 0.976. The predicted molar refractivity (Wildman–Crippen MR) is 60.1 cm³/mol. The minimum absolute atomic E-state index is 0.175. The van der Waals surface area contributed by atoms with Crippen LogP contribution in [0, 0.1) is 23.2 Å². The standard InChI is InChI=1S/C13H9NO3/c14-8-7-12(15)11-5-1-3-10(9-11)4-2-6-13(16)17/h1,3,5,9H,6-7H2,(H,16,17). The molecule has 17 heavy (non-hydrogen) atoms. The smallest absolute Gasteiger partial charge is 0.315 e. The number of aliphatic carboxylic acids is 1. The van der Waals surface area contributed by atoms with Gasteiger partial charge in [0, 0.05) is 11.1 Å². The summed E-state index contributed by atoms with van der Waals surface area (Å²) >= 11 is 0. The lowest BCUT2D eigenvalue weighted by Crippen LogP contribution is -1.97. The second-order valence-electron chi connectivity index (χ2n) is 3.21. The van der Waals surface area contributed by atoms with Crippen molar-refractivity contribution in [3.8, 4) is 17.9 Å². The first kappa shape index (κ1) is 12.5. The molecule has 0 aliphatic carbocycles. The Labute approximate surface area is 98.5 Å². The van der Waals surface area contributed by atoms with E-state index >= 15 is 0 Å². The first-order valence-electron chi connectivity index (χ1n) is 4.84. The summed E-state index contributed by atoms with van der Waals surface area (Å²) in [5, 5.41) is 16.8. The minimum atomic E-state index is -0.991. The van der Waals surface area contributed by atoms with Crippen LogP contribution in [0.2, 0.25) is 0 Å². The van der Waals surface area contributed by atoms with Crippen LogP contribution in [0.3, 0.4) is 0 Å². The van der Waals surface area contributed by atoms with E-state index in [1.54, 1.807) is 30.3 Å². The number of nitriles is 1. The van der Waals surface area contributed by atoms with Gasteiger partial charge in [-0.3, -0.25) is 9.59 Å². The van der Waals surface area contributed by atoms with Crippen molar-refractivity contribution in [2.75, 3.05) is 0 Å². The number of hydrogen-bond acceptors (Lipinski definition) is 3. The Bertz CT molecular complexity index is 544. The van der Waals surface area contributed by atoms with Crippen LogP contribution in [0.5, 0.6) is 0 Å². The lowest BCUT2D eigenvalue weighted by Gasteiger charge is -1.96. The number of rotatable bonds is 3. The first-order valence-corrected chi connectivity index (χ1v) is 4.84. The van der Waals surface area contributed by atoms with Gasteiger partial charge < -0.3 is 5.11 Å². The summed E-state index contributed by atoms with van der Waals surface area (Å²) in [6.07, 6.45) is -0.414. The second kappa shape index (κ2) is 6.09. The number of ketones is 1. The molecule has 1 N–H and O–H groups in total. The van der Waals surface area contributed by atoms with Crippen molar-refractivity contribution in [2.45, 2.75) is 12.8 Å². The molecule has 0 aromatic heterocycles. The summed E-state index contributed by atoms with van der Waals surface area (Å²) in [4.78, 5) is 21.7. The number of benzene rings is 1. The molecule has 0 amide bonds. The summed E-state index contributed by atoms with van der Waals surface area (Å²) in [5.74, 6) is 3.86. The second-order valence-corrected chi connectivity index (χ2v) is 3.21. The molecule has 0 aliphatic heterocycles. The van der Waals surface area contributed by atoms with Crippen molar-refractivity contribution in [1.29, 1.82) is 5.26 Å². The molecular formula is C13H9NO3. The van der Waals surface area contributed by atoms with Gasteiger partial charge in [0.1, 0.15) is 6.42 Å². The Morgan fingerprint density at radius 2 is 2.06 bits per heavy atom. The Morgan fingerprint density at radius 3 is 2.71 bits per heavy atom. The van der Waals surface area contributed by atoms with E-state index in [9.17, 15) is 9.59 Å². The number of carboxylic acids is 1. The maximum absolute atomic E-state index is 11.4. The number of nitrogens with zero attached hydrogens (tertiary/aromatic N) is 1. The van der Waals surface area contributed by atoms with Crippen LogP contribution in [0.4, 0.5) is 0 Å². The van der Waals surface area contributed by atoms with Gasteiger partial charge in [0.2, 0.25) is 0 Å². The number of carbonyl (C=O) groups excluding carboxylic acids is 1. The zero-order chi connectivity index (χ0) is 12.7. The summed E-state index contributed by atoms with van der Waals surface area (Å²) in [6.45, 7) is 0. The molecule has 0 unspecified atom stereocenters. The van der Waals surface area contributed by atoms with Crippen molar-refractivity contribution in [2.24, 2.45) is 0 Å². The highest BCUT2D eigenvalue weighted by Crippen LogP contribution is 2.06. The van der Waals surface area contributed by atoms with Crippen LogP contribution in [0.15, 0.2) is 24.3 Å². The molecule has 0 saturated heterocycles. The monoisotopic (exact) mass is 227 g/mol. The molecule has 84 valence electrons. The van der Waals surface area contributed by atoms with Crippen molar-refractivity contribution in [3.05, 3.63) is 35.4 Å². The van der Waals surface area contributed by atoms with E-state index in [0.717, 1.165) is 0 Å². The third kappa shape index (κ3) is 4.19. The summed E-state index contributed by atoms with van der Waals surface area (Å²) < 4.78 is 0. The summed E-state index contributed by atoms with van der Waals surface area (Å²) in [7, 11) is 0. The Kier molecular flexibility index (Phi) is 4.47. The average Bonchev–Trinajstić information content (AvgIpc) is 2.29. The molecule has 1 aromatic rings. The molecule has 4 nitrogen and oxygen atoms in total. The van der Waals surface area contributed by atoms with Crippen LogP contribution in [-0.2, 0) is 4.79 Å². The van der Waals surface area contributed by atoms with E-state index in [0.29, 0.717) is 11.1 Å². The molecule has 0 heterocycles. The minimum Gasteiger partial charge on any atom is -0.481 e. The van der Waals surface area contributed by atoms with Gasteiger partial charge in [-0.05, 0) is 12.1 Å². The van der Waals surface area contributed by atoms with Gasteiger partial charge in [-0.25, -0.2) is 0 Å². The molecule has 0 aliphatic rings. The molecule has 1 aromatic carbocycles. The van der Waals surface area contributed by atoms with Crippen molar-refractivity contribution in [1.82, 2.24) is 0 Å². The lowest BCUT2D eigenvalue weighted by molar-refractivity contribution is -0.135. The van der Waals surface area contributed by atoms with Crippen LogP contribution >= 0.6 is 0 Å². The van der Waals surface area contributed by atoms with E-state index in [1.165, 1.54) is 0 Å². The topological polar surface area (TPSA) is 78.2 Å². The highest BCUT2D eigenvalue weighted by Gasteiger charge is 2.04. The maximum Gasteiger partial charge on any atom is 0.315 e. The van der Waals surface area contributed by atoms with Gasteiger partial charge in [0.15, 0.2) is 5.78 Å². The molecule has 0 fully saturated rings. The molecule has 1 rings (SSSR count). The molecule has 0 radical (unpaired) electrons. The largest absolute Gasteiger partial charge is 0.481 e. The van der Waals surface area contributed by atoms with Crippen molar-refractivity contribution >= 4 is 11.8 Å². The van der Waals surface area contributed by atoms with Crippen LogP contribution in [0.25, 0.3) is 0 Å². The van der Waals surface area contributed by atoms with Gasteiger partial charge in [0.25, 0.3) is 0 Å². The SMILES string of the molecule is N#CCC(=O)c1cccc(C#CCC(=O)O)c1. The predicted octanol–water partition coefficient (Wildman–Crippen LogP) is 1.61. The molecule has 0 spiro atoms. The highest BCUT2D eigenvalue weighted by atomic mass is 16.4. The van der Waals surface area contributed by atoms with E-state index < -0.39 is 5.97 Å². The van der Waals surface area contributed by atoms with Crippen LogP contribution < -0.4 is 0 Å². The van der Waals surface area contributed by atoms with Gasteiger partial charge in [-0.1, -0.05) is 24.0 Å². The van der Waals surface area contributed by atoms with Crippen molar-refractivity contribution in [3.63, 3.8) is 0 Å². The molecule has 0 saturated carbocycles. The van der Waals surface area contributed by atoms with Gasteiger partial charge in [-0.2, -0.15) is 5.26 Å². The third-order valence-electron chi connectivity index (χ3n) is 1.90. The van der Waals surface area contributed by atoms with Gasteiger partial charge in [0.05, 0.1) is 12.5 Å². The lowest BCUT2D eigenvalue weighted by atomic mass is 10.1. The van der Waals surface area contributed by atoms with E-state index in [4.69, 9.17) is 10.4 Å². The fraction of sp³-hybridized carbons (Fsp3) is 0.154. The van der Waals surface area contributed by atoms with E-state index in [-0.39, 0.29) is 18.6 Å².